The minimum absolute atomic E-state index is 0.0140. The van der Waals surface area contributed by atoms with Gasteiger partial charge in [-0.05, 0) is 30.5 Å². The van der Waals surface area contributed by atoms with Crippen LogP contribution in [0.5, 0.6) is 0 Å². The van der Waals surface area contributed by atoms with Gasteiger partial charge in [-0.15, -0.1) is 0 Å². The van der Waals surface area contributed by atoms with Gasteiger partial charge < -0.3 is 20.3 Å². The van der Waals surface area contributed by atoms with Crippen molar-refractivity contribution in [1.29, 1.82) is 0 Å². The molecule has 16 heteroatoms. The van der Waals surface area contributed by atoms with Crippen LogP contribution in [0, 0.1) is 18.3 Å². The quantitative estimate of drug-likeness (QED) is 0.455. The number of likely N-dealkylation sites (tertiary alicyclic amines) is 1. The maximum Gasteiger partial charge on any atom is 0.490 e. The number of carbonyl (C=O) groups is 3. The number of carboxylic acids is 2. The molecule has 2 aromatic rings. The minimum atomic E-state index is -5.08. The second kappa shape index (κ2) is 13.2. The van der Waals surface area contributed by atoms with Crippen LogP contribution in [-0.4, -0.2) is 83.1 Å². The van der Waals surface area contributed by atoms with E-state index in [2.05, 4.69) is 27.3 Å². The van der Waals surface area contributed by atoms with Gasteiger partial charge in [-0.3, -0.25) is 14.7 Å². The van der Waals surface area contributed by atoms with E-state index in [0.29, 0.717) is 12.5 Å². The third kappa shape index (κ3) is 9.78. The molecule has 9 nitrogen and oxygen atoms in total. The van der Waals surface area contributed by atoms with E-state index >= 15 is 0 Å². The highest BCUT2D eigenvalue weighted by Gasteiger charge is 2.50. The summed E-state index contributed by atoms with van der Waals surface area (Å²) in [7, 11) is 0. The van der Waals surface area contributed by atoms with Crippen molar-refractivity contribution in [3.8, 4) is 0 Å². The molecule has 1 amide bonds. The van der Waals surface area contributed by atoms with Crippen LogP contribution in [0.3, 0.4) is 0 Å². The zero-order valence-corrected chi connectivity index (χ0v) is 21.2. The van der Waals surface area contributed by atoms with E-state index in [-0.39, 0.29) is 11.3 Å². The molecule has 39 heavy (non-hydrogen) atoms. The average Bonchev–Trinajstić information content (AvgIpc) is 3.54. The molecule has 0 saturated carbocycles. The Morgan fingerprint density at radius 1 is 1.13 bits per heavy atom. The van der Waals surface area contributed by atoms with Crippen LogP contribution >= 0.6 is 11.3 Å². The highest BCUT2D eigenvalue weighted by atomic mass is 32.1. The van der Waals surface area contributed by atoms with Crippen LogP contribution in [-0.2, 0) is 20.9 Å². The number of hydrogen-bond donors (Lipinski definition) is 3. The van der Waals surface area contributed by atoms with Crippen molar-refractivity contribution in [3.63, 3.8) is 0 Å². The first-order valence-corrected chi connectivity index (χ1v) is 12.1. The summed E-state index contributed by atoms with van der Waals surface area (Å²) in [6.45, 7) is 7.01. The molecule has 216 valence electrons. The van der Waals surface area contributed by atoms with Gasteiger partial charge in [0.25, 0.3) is 5.91 Å². The molecule has 2 aromatic heterocycles. The van der Waals surface area contributed by atoms with Crippen molar-refractivity contribution in [3.05, 3.63) is 52.0 Å². The van der Waals surface area contributed by atoms with Gasteiger partial charge in [0.2, 0.25) is 0 Å². The van der Waals surface area contributed by atoms with Crippen LogP contribution in [0.2, 0.25) is 0 Å². The van der Waals surface area contributed by atoms with E-state index in [1.807, 2.05) is 29.8 Å². The number of hydrogen-bond acceptors (Lipinski definition) is 7. The summed E-state index contributed by atoms with van der Waals surface area (Å²) in [5.74, 6) is -5.03. The predicted molar refractivity (Wildman–Crippen MR) is 125 cm³/mol. The summed E-state index contributed by atoms with van der Waals surface area (Å²) < 4.78 is 69.2. The maximum absolute atomic E-state index is 12.3. The van der Waals surface area contributed by atoms with Gasteiger partial charge in [0.05, 0.1) is 18.9 Å². The zero-order valence-electron chi connectivity index (χ0n) is 20.4. The largest absolute Gasteiger partial charge is 0.490 e. The number of ether oxygens (including phenoxy) is 1. The number of fused-ring (bicyclic) bond motifs is 1. The Balaban J connectivity index is 0.000000317. The Bertz CT molecular complexity index is 1100. The molecule has 3 N–H and O–H groups in total. The van der Waals surface area contributed by atoms with Gasteiger partial charge in [-0.2, -0.15) is 37.7 Å². The Hall–Kier alpha value is -3.24. The molecular formula is C23H25F6N3O6S. The van der Waals surface area contributed by atoms with Crippen LogP contribution in [0.25, 0.3) is 0 Å². The topological polar surface area (TPSA) is 129 Å². The van der Waals surface area contributed by atoms with Crippen LogP contribution < -0.4 is 5.32 Å². The number of pyridine rings is 1. The number of thiophene rings is 1. The molecule has 0 radical (unpaired) electrons. The Kier molecular flexibility index (Phi) is 10.8. The van der Waals surface area contributed by atoms with Crippen LogP contribution in [0.1, 0.15) is 21.7 Å². The third-order valence-electron chi connectivity index (χ3n) is 5.79. The Labute approximate surface area is 222 Å². The van der Waals surface area contributed by atoms with Crippen molar-refractivity contribution in [1.82, 2.24) is 15.2 Å². The predicted octanol–water partition coefficient (Wildman–Crippen LogP) is 3.60. The summed E-state index contributed by atoms with van der Waals surface area (Å²) in [5, 5.41) is 21.2. The van der Waals surface area contributed by atoms with E-state index in [1.165, 1.54) is 0 Å². The number of rotatable bonds is 5. The van der Waals surface area contributed by atoms with E-state index < -0.39 is 24.3 Å². The van der Waals surface area contributed by atoms with Gasteiger partial charge in [0.1, 0.15) is 0 Å². The highest BCUT2D eigenvalue weighted by molar-refractivity contribution is 7.08. The number of aliphatic carboxylic acids is 2. The summed E-state index contributed by atoms with van der Waals surface area (Å²) in [6.07, 6.45) is -10.2. The monoisotopic (exact) mass is 585 g/mol. The molecule has 2 aliphatic heterocycles. The highest BCUT2D eigenvalue weighted by Crippen LogP contribution is 2.41. The standard InChI is InChI=1S/C19H23N3O2S.2C2HF3O2/c1-14-3-2-4-17(21-14)8-22-7-16-9-24-13-19(16,12-22)11-20-18(23)15-5-6-25-10-15;2*3-2(4,5)1(6)7/h2-6,10,16H,7-9,11-13H2,1H3,(H,20,23);2*(H,6,7)/t16-,19+;;/m1../s1. The summed E-state index contributed by atoms with van der Waals surface area (Å²) in [4.78, 5) is 37.2. The molecule has 2 aliphatic rings. The molecule has 2 atom stereocenters. The number of aryl methyl sites for hydroxylation is 1. The van der Waals surface area contributed by atoms with E-state index in [4.69, 9.17) is 24.5 Å². The molecule has 0 bridgehead atoms. The first-order chi connectivity index (χ1) is 18.0. The SMILES string of the molecule is Cc1cccc(CN2C[C@@H]3COC[C@]3(CNC(=O)c3ccsc3)C2)n1.O=C(O)C(F)(F)F.O=C(O)C(F)(F)F. The maximum atomic E-state index is 12.3. The van der Waals surface area contributed by atoms with Crippen molar-refractivity contribution >= 4 is 29.2 Å². The number of carboxylic acid groups (broad SMARTS) is 2. The Morgan fingerprint density at radius 2 is 1.74 bits per heavy atom. The van der Waals surface area contributed by atoms with Crippen molar-refractivity contribution < 1.29 is 55.7 Å². The number of nitrogens with zero attached hydrogens (tertiary/aromatic N) is 2. The minimum Gasteiger partial charge on any atom is -0.475 e. The summed E-state index contributed by atoms with van der Waals surface area (Å²) in [6, 6.07) is 8.04. The lowest BCUT2D eigenvalue weighted by Crippen LogP contribution is -2.43. The Morgan fingerprint density at radius 3 is 2.26 bits per heavy atom. The number of halogens is 6. The molecule has 2 saturated heterocycles. The molecule has 0 aliphatic carbocycles. The lowest BCUT2D eigenvalue weighted by molar-refractivity contribution is -0.193. The van der Waals surface area contributed by atoms with Gasteiger partial charge in [-0.25, -0.2) is 9.59 Å². The number of alkyl halides is 6. The third-order valence-corrected chi connectivity index (χ3v) is 6.48. The number of carbonyl (C=O) groups excluding carboxylic acids is 1. The molecule has 0 spiro atoms. The molecular weight excluding hydrogens is 560 g/mol. The van der Waals surface area contributed by atoms with E-state index in [9.17, 15) is 31.1 Å². The van der Waals surface area contributed by atoms with Gasteiger partial charge in [0.15, 0.2) is 0 Å². The second-order valence-corrected chi connectivity index (χ2v) is 9.59. The van der Waals surface area contributed by atoms with Crippen molar-refractivity contribution in [2.75, 3.05) is 32.8 Å². The summed E-state index contributed by atoms with van der Waals surface area (Å²) in [5.41, 5.74) is 2.93. The van der Waals surface area contributed by atoms with Crippen molar-refractivity contribution in [2.45, 2.75) is 25.8 Å². The first kappa shape index (κ1) is 32.0. The van der Waals surface area contributed by atoms with Gasteiger partial charge in [0, 0.05) is 54.1 Å². The van der Waals surface area contributed by atoms with Crippen molar-refractivity contribution in [2.24, 2.45) is 11.3 Å². The zero-order chi connectivity index (χ0) is 29.4. The van der Waals surface area contributed by atoms with Crippen LogP contribution in [0.15, 0.2) is 35.0 Å². The fourth-order valence-corrected chi connectivity index (χ4v) is 4.62. The fraction of sp³-hybridized carbons (Fsp3) is 0.478. The van der Waals surface area contributed by atoms with E-state index in [0.717, 1.165) is 49.8 Å². The lowest BCUT2D eigenvalue weighted by Gasteiger charge is -2.27. The van der Waals surface area contributed by atoms with Gasteiger partial charge >= 0.3 is 24.3 Å². The molecule has 4 heterocycles. The molecule has 0 unspecified atom stereocenters. The summed E-state index contributed by atoms with van der Waals surface area (Å²) >= 11 is 1.55. The molecule has 2 fully saturated rings. The number of nitrogens with one attached hydrogen (secondary N) is 1. The number of aromatic nitrogens is 1. The molecule has 4 rings (SSSR count). The smallest absolute Gasteiger partial charge is 0.475 e. The normalized spacial score (nSPS) is 20.6. The fourth-order valence-electron chi connectivity index (χ4n) is 3.98. The van der Waals surface area contributed by atoms with E-state index in [1.54, 1.807) is 11.3 Å². The molecule has 0 aromatic carbocycles. The lowest BCUT2D eigenvalue weighted by atomic mass is 9.81. The number of amides is 1. The average molecular weight is 586 g/mol. The van der Waals surface area contributed by atoms with Crippen LogP contribution in [0.4, 0.5) is 26.3 Å². The van der Waals surface area contributed by atoms with Gasteiger partial charge in [-0.1, -0.05) is 6.07 Å². The second-order valence-electron chi connectivity index (χ2n) is 8.81. The first-order valence-electron chi connectivity index (χ1n) is 11.2.